The molecule has 1 heterocycles. The maximum absolute atomic E-state index is 4.51. The third-order valence-electron chi connectivity index (χ3n) is 3.47. The van der Waals surface area contributed by atoms with Gasteiger partial charge in [-0.15, -0.1) is 0 Å². The Morgan fingerprint density at radius 1 is 1.16 bits per heavy atom. The largest absolute Gasteiger partial charge is 0.354 e. The van der Waals surface area contributed by atoms with Crippen molar-refractivity contribution in [2.24, 2.45) is 11.8 Å². The first-order valence-electron chi connectivity index (χ1n) is 6.89. The predicted molar refractivity (Wildman–Crippen MR) is 78.9 cm³/mol. The minimum atomic E-state index is 0.645. The van der Waals surface area contributed by atoms with Crippen LogP contribution in [0.1, 0.15) is 20.3 Å². The van der Waals surface area contributed by atoms with Crippen molar-refractivity contribution >= 4 is 17.8 Å². The molecule has 2 unspecified atom stereocenters. The number of aromatic nitrogens is 3. The van der Waals surface area contributed by atoms with Crippen molar-refractivity contribution in [3.63, 3.8) is 0 Å². The van der Waals surface area contributed by atoms with Gasteiger partial charge >= 0.3 is 0 Å². The monoisotopic (exact) mass is 264 g/mol. The van der Waals surface area contributed by atoms with Crippen LogP contribution in [0.15, 0.2) is 0 Å². The molecule has 6 nitrogen and oxygen atoms in total. The molecule has 106 valence electrons. The average Bonchev–Trinajstić information content (AvgIpc) is 3.04. The summed E-state index contributed by atoms with van der Waals surface area (Å²) >= 11 is 0. The second-order valence-corrected chi connectivity index (χ2v) is 5.54. The van der Waals surface area contributed by atoms with E-state index in [1.54, 1.807) is 0 Å². The zero-order chi connectivity index (χ0) is 14.0. The Morgan fingerprint density at radius 2 is 1.79 bits per heavy atom. The summed E-state index contributed by atoms with van der Waals surface area (Å²) in [4.78, 5) is 17.4. The standard InChI is InChI=1S/C13H24N6/c1-6-14-11-15-12(18(3)4)17-13(16-11)19(5)8-10-7-9(10)2/h9-10H,6-8H2,1-5H3,(H,14,15,16,17). The lowest BCUT2D eigenvalue weighted by Crippen LogP contribution is -2.25. The lowest BCUT2D eigenvalue weighted by molar-refractivity contribution is 0.709. The van der Waals surface area contributed by atoms with Gasteiger partial charge < -0.3 is 15.1 Å². The fraction of sp³-hybridized carbons (Fsp3) is 0.769. The van der Waals surface area contributed by atoms with Gasteiger partial charge in [0, 0.05) is 34.2 Å². The second-order valence-electron chi connectivity index (χ2n) is 5.54. The molecule has 1 aliphatic carbocycles. The molecular weight excluding hydrogens is 240 g/mol. The predicted octanol–water partition coefficient (Wildman–Crippen LogP) is 1.46. The van der Waals surface area contributed by atoms with E-state index in [1.807, 2.05) is 25.9 Å². The van der Waals surface area contributed by atoms with E-state index in [0.29, 0.717) is 11.9 Å². The minimum Gasteiger partial charge on any atom is -0.354 e. The van der Waals surface area contributed by atoms with Crippen LogP contribution in [0.5, 0.6) is 0 Å². The molecule has 2 atom stereocenters. The van der Waals surface area contributed by atoms with Crippen molar-refractivity contribution in [1.29, 1.82) is 0 Å². The molecule has 1 aliphatic rings. The zero-order valence-electron chi connectivity index (χ0n) is 12.5. The molecule has 0 spiro atoms. The van der Waals surface area contributed by atoms with Crippen LogP contribution in [-0.2, 0) is 0 Å². The molecular formula is C13H24N6. The van der Waals surface area contributed by atoms with E-state index in [9.17, 15) is 0 Å². The highest BCUT2D eigenvalue weighted by Crippen LogP contribution is 2.38. The molecule has 19 heavy (non-hydrogen) atoms. The van der Waals surface area contributed by atoms with Crippen LogP contribution in [-0.4, -0.2) is 49.2 Å². The number of rotatable bonds is 6. The third kappa shape index (κ3) is 3.45. The molecule has 1 fully saturated rings. The van der Waals surface area contributed by atoms with Crippen molar-refractivity contribution in [3.05, 3.63) is 0 Å². The van der Waals surface area contributed by atoms with Crippen LogP contribution in [0.3, 0.4) is 0 Å². The first-order valence-corrected chi connectivity index (χ1v) is 6.89. The topological polar surface area (TPSA) is 57.2 Å². The van der Waals surface area contributed by atoms with Gasteiger partial charge in [0.05, 0.1) is 0 Å². The molecule has 0 saturated heterocycles. The fourth-order valence-electron chi connectivity index (χ4n) is 2.05. The molecule has 0 aliphatic heterocycles. The van der Waals surface area contributed by atoms with E-state index < -0.39 is 0 Å². The van der Waals surface area contributed by atoms with E-state index in [2.05, 4.69) is 39.1 Å². The Labute approximate surface area is 115 Å². The molecule has 0 radical (unpaired) electrons. The summed E-state index contributed by atoms with van der Waals surface area (Å²) in [6, 6.07) is 0. The molecule has 1 N–H and O–H groups in total. The van der Waals surface area contributed by atoms with Crippen molar-refractivity contribution in [1.82, 2.24) is 15.0 Å². The van der Waals surface area contributed by atoms with Gasteiger partial charge in [-0.25, -0.2) is 0 Å². The highest BCUT2D eigenvalue weighted by atomic mass is 15.3. The van der Waals surface area contributed by atoms with Crippen molar-refractivity contribution in [2.45, 2.75) is 20.3 Å². The number of hydrogen-bond donors (Lipinski definition) is 1. The van der Waals surface area contributed by atoms with Crippen LogP contribution in [0, 0.1) is 11.8 Å². The Hall–Kier alpha value is -1.59. The van der Waals surface area contributed by atoms with Crippen LogP contribution < -0.4 is 15.1 Å². The Kier molecular flexibility index (Phi) is 4.07. The van der Waals surface area contributed by atoms with Crippen LogP contribution in [0.4, 0.5) is 17.8 Å². The summed E-state index contributed by atoms with van der Waals surface area (Å²) in [5.41, 5.74) is 0. The summed E-state index contributed by atoms with van der Waals surface area (Å²) in [6.45, 7) is 6.15. The van der Waals surface area contributed by atoms with Gasteiger partial charge in [-0.2, -0.15) is 15.0 Å². The SMILES string of the molecule is CCNc1nc(N(C)C)nc(N(C)CC2CC2C)n1. The highest BCUT2D eigenvalue weighted by Gasteiger charge is 2.33. The summed E-state index contributed by atoms with van der Waals surface area (Å²) in [7, 11) is 5.94. The summed E-state index contributed by atoms with van der Waals surface area (Å²) in [5, 5.41) is 3.16. The molecule has 2 rings (SSSR count). The van der Waals surface area contributed by atoms with Crippen molar-refractivity contribution < 1.29 is 0 Å². The molecule has 1 aromatic rings. The Bertz CT molecular complexity index is 433. The number of nitrogens with zero attached hydrogens (tertiary/aromatic N) is 5. The lowest BCUT2D eigenvalue weighted by Gasteiger charge is -2.20. The van der Waals surface area contributed by atoms with Crippen molar-refractivity contribution in [3.8, 4) is 0 Å². The van der Waals surface area contributed by atoms with E-state index in [1.165, 1.54) is 6.42 Å². The van der Waals surface area contributed by atoms with Crippen molar-refractivity contribution in [2.75, 3.05) is 49.3 Å². The minimum absolute atomic E-state index is 0.645. The molecule has 0 bridgehead atoms. The van der Waals surface area contributed by atoms with Crippen LogP contribution in [0.2, 0.25) is 0 Å². The molecule has 6 heteroatoms. The maximum atomic E-state index is 4.51. The number of nitrogens with one attached hydrogen (secondary N) is 1. The van der Waals surface area contributed by atoms with E-state index in [4.69, 9.17) is 0 Å². The molecule has 1 saturated carbocycles. The van der Waals surface area contributed by atoms with Gasteiger partial charge in [-0.05, 0) is 25.2 Å². The maximum Gasteiger partial charge on any atom is 0.231 e. The van der Waals surface area contributed by atoms with Gasteiger partial charge in [0.15, 0.2) is 0 Å². The van der Waals surface area contributed by atoms with E-state index in [-0.39, 0.29) is 0 Å². The summed E-state index contributed by atoms with van der Waals surface area (Å²) in [6.07, 6.45) is 1.32. The Morgan fingerprint density at radius 3 is 2.32 bits per heavy atom. The number of hydrogen-bond acceptors (Lipinski definition) is 6. The van der Waals surface area contributed by atoms with Gasteiger partial charge in [0.2, 0.25) is 17.8 Å². The van der Waals surface area contributed by atoms with E-state index >= 15 is 0 Å². The first-order chi connectivity index (χ1) is 9.01. The van der Waals surface area contributed by atoms with Crippen LogP contribution in [0.25, 0.3) is 0 Å². The summed E-state index contributed by atoms with van der Waals surface area (Å²) in [5.74, 6) is 3.70. The average molecular weight is 264 g/mol. The molecule has 0 amide bonds. The normalized spacial score (nSPS) is 21.1. The lowest BCUT2D eigenvalue weighted by atomic mass is 10.3. The zero-order valence-corrected chi connectivity index (χ0v) is 12.5. The second kappa shape index (κ2) is 5.59. The first kappa shape index (κ1) is 13.8. The quantitative estimate of drug-likeness (QED) is 0.839. The third-order valence-corrected chi connectivity index (χ3v) is 3.47. The van der Waals surface area contributed by atoms with Gasteiger partial charge in [-0.1, -0.05) is 6.92 Å². The number of anilines is 3. The smallest absolute Gasteiger partial charge is 0.231 e. The fourth-order valence-corrected chi connectivity index (χ4v) is 2.05. The highest BCUT2D eigenvalue weighted by molar-refractivity contribution is 5.44. The Balaban J connectivity index is 2.17. The van der Waals surface area contributed by atoms with Gasteiger partial charge in [0.25, 0.3) is 0 Å². The van der Waals surface area contributed by atoms with E-state index in [0.717, 1.165) is 30.9 Å². The van der Waals surface area contributed by atoms with Gasteiger partial charge in [-0.3, -0.25) is 0 Å². The molecule has 0 aromatic carbocycles. The van der Waals surface area contributed by atoms with Gasteiger partial charge in [0.1, 0.15) is 0 Å². The summed E-state index contributed by atoms with van der Waals surface area (Å²) < 4.78 is 0. The molecule has 1 aromatic heterocycles. The van der Waals surface area contributed by atoms with Crippen LogP contribution >= 0.6 is 0 Å².